The number of halogens is 2. The highest BCUT2D eigenvalue weighted by Crippen LogP contribution is 2.48. The zero-order valence-corrected chi connectivity index (χ0v) is 35.6. The molecule has 0 atom stereocenters. The van der Waals surface area contributed by atoms with E-state index in [1.54, 1.807) is 0 Å². The first-order valence-corrected chi connectivity index (χ1v) is 22.5. The summed E-state index contributed by atoms with van der Waals surface area (Å²) in [5.74, 6) is -0.933. The number of aromatic nitrogens is 4. The normalized spacial score (nSPS) is 12.3. The van der Waals surface area contributed by atoms with Crippen LogP contribution in [0.1, 0.15) is 0 Å². The predicted molar refractivity (Wildman–Crippen MR) is 271 cm³/mol. The zero-order chi connectivity index (χ0) is 44.1. The summed E-state index contributed by atoms with van der Waals surface area (Å²) in [6.07, 6.45) is 0. The van der Waals surface area contributed by atoms with Crippen LogP contribution in [-0.4, -0.2) is 18.3 Å². The van der Waals surface area contributed by atoms with E-state index in [0.717, 1.165) is 87.2 Å². The fourth-order valence-electron chi connectivity index (χ4n) is 11.4. The number of nitrogens with zero attached hydrogens (tertiary/aromatic N) is 4. The summed E-state index contributed by atoms with van der Waals surface area (Å²) in [7, 11) is 0. The lowest BCUT2D eigenvalue weighted by Crippen LogP contribution is -2.05. The maximum atomic E-state index is 18.9. The van der Waals surface area contributed by atoms with E-state index < -0.39 is 11.6 Å². The molecule has 7 heteroatoms. The van der Waals surface area contributed by atoms with E-state index in [-0.39, 0.29) is 11.4 Å². The van der Waals surface area contributed by atoms with Gasteiger partial charge < -0.3 is 22.7 Å². The van der Waals surface area contributed by atoms with Gasteiger partial charge in [0.1, 0.15) is 11.4 Å². The average Bonchev–Trinajstić information content (AvgIpc) is 4.17. The lowest BCUT2D eigenvalue weighted by Gasteiger charge is -2.16. The molecule has 0 N–H and O–H groups in total. The van der Waals surface area contributed by atoms with E-state index >= 15 is 8.78 Å². The Morgan fingerprint density at radius 2 is 0.463 bits per heavy atom. The third kappa shape index (κ3) is 4.74. The zero-order valence-electron chi connectivity index (χ0n) is 35.6. The van der Waals surface area contributed by atoms with Gasteiger partial charge in [0.25, 0.3) is 0 Å². The number of benzene rings is 10. The first-order chi connectivity index (χ1) is 33.1. The lowest BCUT2D eigenvalue weighted by atomic mass is 10.1. The van der Waals surface area contributed by atoms with Crippen molar-refractivity contribution in [2.45, 2.75) is 0 Å². The van der Waals surface area contributed by atoms with Crippen molar-refractivity contribution in [3.63, 3.8) is 0 Å². The van der Waals surface area contributed by atoms with E-state index in [1.165, 1.54) is 0 Å². The molecule has 0 amide bonds. The molecule has 0 aliphatic heterocycles. The molecule has 5 nitrogen and oxygen atoms in total. The van der Waals surface area contributed by atoms with Crippen LogP contribution in [0.4, 0.5) is 8.78 Å². The Labute approximate surface area is 379 Å². The van der Waals surface area contributed by atoms with Crippen LogP contribution in [0.5, 0.6) is 0 Å². The smallest absolute Gasteiger partial charge is 0.175 e. The summed E-state index contributed by atoms with van der Waals surface area (Å²) in [5, 5.41) is 9.27. The number of para-hydroxylation sites is 8. The minimum absolute atomic E-state index is 0.245. The fourth-order valence-corrected chi connectivity index (χ4v) is 11.4. The number of hydrogen-bond donors (Lipinski definition) is 0. The number of hydrogen-bond acceptors (Lipinski definition) is 1. The van der Waals surface area contributed by atoms with Crippen LogP contribution >= 0.6 is 0 Å². The van der Waals surface area contributed by atoms with Gasteiger partial charge in [-0.1, -0.05) is 146 Å². The fraction of sp³-hybridized carbons (Fsp3) is 0. The Balaban J connectivity index is 1.20. The summed E-state index contributed by atoms with van der Waals surface area (Å²) >= 11 is 0. The molecule has 0 saturated heterocycles. The molecule has 10 aromatic carbocycles. The van der Waals surface area contributed by atoms with Crippen LogP contribution < -0.4 is 0 Å². The molecule has 0 spiro atoms. The second kappa shape index (κ2) is 13.3. The summed E-state index contributed by atoms with van der Waals surface area (Å²) in [5.41, 5.74) is 8.57. The van der Waals surface area contributed by atoms with Crippen molar-refractivity contribution in [2.24, 2.45) is 0 Å². The highest BCUT2D eigenvalue weighted by atomic mass is 19.1. The maximum Gasteiger partial charge on any atom is 0.175 e. The maximum absolute atomic E-state index is 18.9. The molecule has 314 valence electrons. The average molecular weight is 865 g/mol. The van der Waals surface area contributed by atoms with Crippen molar-refractivity contribution in [2.75, 3.05) is 0 Å². The molecule has 0 aliphatic carbocycles. The van der Waals surface area contributed by atoms with Crippen LogP contribution in [0.3, 0.4) is 0 Å². The standard InChI is InChI=1S/C60H34F2N4O/c61-55-53(63-45-25-9-1-17-35(45)36-18-2-10-26-46(36)63)33-43-44-34-54(64-47-27-11-3-19-37(47)38-20-4-12-28-48(38)64)56(62)58(66-51-31-15-7-23-41(51)42-24-8-16-32-52(42)66)60(44)67-59(43)57(55)65-49-29-13-5-21-39(49)40-22-6-14-30-50(40)65/h1-34H. The molecule has 15 aromatic rings. The molecular weight excluding hydrogens is 831 g/mol. The quantitative estimate of drug-likeness (QED) is 0.173. The summed E-state index contributed by atoms with van der Waals surface area (Å²) in [6, 6.07) is 68.8. The van der Waals surface area contributed by atoms with Crippen LogP contribution in [-0.2, 0) is 0 Å². The summed E-state index contributed by atoms with van der Waals surface area (Å²) in [4.78, 5) is 0. The van der Waals surface area contributed by atoms with Gasteiger partial charge in [0.2, 0.25) is 0 Å². The van der Waals surface area contributed by atoms with Crippen LogP contribution in [0.25, 0.3) is 132 Å². The van der Waals surface area contributed by atoms with Gasteiger partial charge in [0.05, 0.1) is 55.5 Å². The van der Waals surface area contributed by atoms with E-state index in [2.05, 4.69) is 48.5 Å². The van der Waals surface area contributed by atoms with Crippen LogP contribution in [0, 0.1) is 11.6 Å². The molecule has 5 heterocycles. The van der Waals surface area contributed by atoms with Gasteiger partial charge >= 0.3 is 0 Å². The Kier molecular flexibility index (Phi) is 7.23. The SMILES string of the molecule is Fc1c(-n2c3ccccc3c3ccccc32)cc2c(oc3c(-n4c5ccccc5c5ccccc54)c(F)c(-n4c5ccccc5c5ccccc54)cc32)c1-n1c2ccccc2c2ccccc21. The van der Waals surface area contributed by atoms with Crippen molar-refractivity contribution in [3.8, 4) is 22.7 Å². The van der Waals surface area contributed by atoms with E-state index in [9.17, 15) is 0 Å². The van der Waals surface area contributed by atoms with Gasteiger partial charge in [-0.05, 0) is 60.7 Å². The van der Waals surface area contributed by atoms with Gasteiger partial charge in [0.15, 0.2) is 22.8 Å². The van der Waals surface area contributed by atoms with Gasteiger partial charge in [0, 0.05) is 53.9 Å². The second-order valence-corrected chi connectivity index (χ2v) is 17.5. The summed E-state index contributed by atoms with van der Waals surface area (Å²) < 4.78 is 53.1. The third-order valence-electron chi connectivity index (χ3n) is 14.1. The van der Waals surface area contributed by atoms with E-state index in [4.69, 9.17) is 4.42 Å². The van der Waals surface area contributed by atoms with Crippen molar-refractivity contribution >= 4 is 109 Å². The topological polar surface area (TPSA) is 32.9 Å². The van der Waals surface area contributed by atoms with Crippen LogP contribution in [0.15, 0.2) is 211 Å². The van der Waals surface area contributed by atoms with Crippen molar-refractivity contribution < 1.29 is 13.2 Å². The molecule has 5 aromatic heterocycles. The van der Waals surface area contributed by atoms with Gasteiger partial charge in [-0.15, -0.1) is 0 Å². The second-order valence-electron chi connectivity index (χ2n) is 17.5. The van der Waals surface area contributed by atoms with Gasteiger partial charge in [-0.2, -0.15) is 0 Å². The molecule has 0 aliphatic rings. The molecule has 0 unspecified atom stereocenters. The molecule has 15 rings (SSSR count). The van der Waals surface area contributed by atoms with Gasteiger partial charge in [-0.3, -0.25) is 0 Å². The van der Waals surface area contributed by atoms with Crippen LogP contribution in [0.2, 0.25) is 0 Å². The molecule has 67 heavy (non-hydrogen) atoms. The molecule has 0 bridgehead atoms. The third-order valence-corrected chi connectivity index (χ3v) is 14.1. The molecular formula is C60H34F2N4O. The van der Waals surface area contributed by atoms with Gasteiger partial charge in [-0.25, -0.2) is 8.78 Å². The Morgan fingerprint density at radius 3 is 0.701 bits per heavy atom. The summed E-state index contributed by atoms with van der Waals surface area (Å²) in [6.45, 7) is 0. The Hall–Kier alpha value is -8.94. The first kappa shape index (κ1) is 36.4. The minimum atomic E-state index is -0.467. The Bertz CT molecular complexity index is 4110. The number of fused-ring (bicyclic) bond motifs is 15. The predicted octanol–water partition coefficient (Wildman–Crippen LogP) is 16.3. The van der Waals surface area contributed by atoms with Crippen molar-refractivity contribution in [1.29, 1.82) is 0 Å². The Morgan fingerprint density at radius 1 is 0.254 bits per heavy atom. The van der Waals surface area contributed by atoms with E-state index in [0.29, 0.717) is 33.3 Å². The van der Waals surface area contributed by atoms with E-state index in [1.807, 2.05) is 176 Å². The first-order valence-electron chi connectivity index (χ1n) is 22.5. The minimum Gasteiger partial charge on any atom is -0.451 e. The molecule has 0 radical (unpaired) electrons. The van der Waals surface area contributed by atoms with Crippen molar-refractivity contribution in [3.05, 3.63) is 218 Å². The number of rotatable bonds is 4. The highest BCUT2D eigenvalue weighted by molar-refractivity contribution is 6.18. The lowest BCUT2D eigenvalue weighted by molar-refractivity contribution is 0.596. The monoisotopic (exact) mass is 864 g/mol. The molecule has 0 saturated carbocycles. The largest absolute Gasteiger partial charge is 0.451 e. The molecule has 0 fully saturated rings. The number of furan rings is 1. The highest BCUT2D eigenvalue weighted by Gasteiger charge is 2.31. The van der Waals surface area contributed by atoms with Crippen molar-refractivity contribution in [1.82, 2.24) is 18.3 Å².